The van der Waals surface area contributed by atoms with Gasteiger partial charge in [-0.05, 0) is 0 Å². The van der Waals surface area contributed by atoms with Crippen molar-refractivity contribution in [1.29, 1.82) is 0 Å². The standard InChI is InChI=1S/CH2OSe.Na.H/c2-1-3;;/h1H,(H,2,3);;. The molecule has 0 spiro atoms. The predicted octanol–water partition coefficient (Wildman–Crippen LogP) is -1.57. The van der Waals surface area contributed by atoms with E-state index in [9.17, 15) is 0 Å². The van der Waals surface area contributed by atoms with E-state index in [2.05, 4.69) is 0 Å². The maximum atomic E-state index is 8.78. The second kappa shape index (κ2) is 8.89. The second-order valence-corrected chi connectivity index (χ2v) is 0.548. The number of carbonyl (C=O) groups is 1. The SMILES string of the molecule is O=C[SeH].[NaH]. The van der Waals surface area contributed by atoms with Crippen molar-refractivity contribution in [3.05, 3.63) is 0 Å². The van der Waals surface area contributed by atoms with Gasteiger partial charge in [0.25, 0.3) is 0 Å². The normalized spacial score (nSPS) is 3.25. The van der Waals surface area contributed by atoms with Crippen molar-refractivity contribution in [2.75, 3.05) is 0 Å². The summed E-state index contributed by atoms with van der Waals surface area (Å²) in [5, 5.41) is 0.688. The Hall–Kier alpha value is 1.19. The van der Waals surface area contributed by atoms with Crippen molar-refractivity contribution >= 4 is 50.8 Å². The Morgan fingerprint density at radius 3 is 1.75 bits per heavy atom. The summed E-state index contributed by atoms with van der Waals surface area (Å²) in [6, 6.07) is 0. The van der Waals surface area contributed by atoms with Crippen LogP contribution >= 0.6 is 0 Å². The molecule has 4 heavy (non-hydrogen) atoms. The van der Waals surface area contributed by atoms with Crippen molar-refractivity contribution in [2.24, 2.45) is 0 Å². The average Bonchev–Trinajstić information content (AvgIpc) is 0.918. The van der Waals surface area contributed by atoms with Crippen LogP contribution in [0.15, 0.2) is 0 Å². The summed E-state index contributed by atoms with van der Waals surface area (Å²) in [6.45, 7) is 0. The van der Waals surface area contributed by atoms with Crippen LogP contribution < -0.4 is 0 Å². The summed E-state index contributed by atoms with van der Waals surface area (Å²) in [7, 11) is 0. The molecule has 0 saturated heterocycles. The van der Waals surface area contributed by atoms with E-state index in [1.54, 1.807) is 16.0 Å². The van der Waals surface area contributed by atoms with E-state index < -0.39 is 0 Å². The molecule has 0 unspecified atom stereocenters. The molecule has 0 aliphatic heterocycles. The summed E-state index contributed by atoms with van der Waals surface area (Å²) < 4.78 is 0. The summed E-state index contributed by atoms with van der Waals surface area (Å²) in [5.74, 6) is 0. The first-order chi connectivity index (χ1) is 1.41. The van der Waals surface area contributed by atoms with Crippen molar-refractivity contribution in [3.63, 3.8) is 0 Å². The van der Waals surface area contributed by atoms with Crippen LogP contribution in [-0.4, -0.2) is 50.8 Å². The molecule has 0 aliphatic rings. The quantitative estimate of drug-likeness (QED) is 0.288. The number of carbonyl (C=O) groups excluding carboxylic acids is 1. The molecule has 1 nitrogen and oxygen atoms in total. The molecule has 0 aromatic rings. The van der Waals surface area contributed by atoms with Gasteiger partial charge in [0.15, 0.2) is 0 Å². The molecule has 0 aromatic heterocycles. The summed E-state index contributed by atoms with van der Waals surface area (Å²) >= 11 is 1.78. The van der Waals surface area contributed by atoms with Gasteiger partial charge in [-0.25, -0.2) is 0 Å². The van der Waals surface area contributed by atoms with E-state index >= 15 is 0 Å². The van der Waals surface area contributed by atoms with Crippen LogP contribution in [0.5, 0.6) is 0 Å². The Balaban J connectivity index is 0. The zero-order chi connectivity index (χ0) is 2.71. The molecule has 0 atom stereocenters. The molecule has 0 aromatic carbocycles. The Bertz CT molecular complexity index is 15.5. The molecule has 3 heteroatoms. The van der Waals surface area contributed by atoms with Gasteiger partial charge in [-0.2, -0.15) is 0 Å². The Labute approximate surface area is 55.2 Å². The van der Waals surface area contributed by atoms with Gasteiger partial charge in [0.1, 0.15) is 0 Å². The molecule has 0 amide bonds. The van der Waals surface area contributed by atoms with Crippen LogP contribution in [0, 0.1) is 0 Å². The molecule has 0 radical (unpaired) electrons. The van der Waals surface area contributed by atoms with Crippen LogP contribution in [-0.2, 0) is 4.79 Å². The van der Waals surface area contributed by atoms with Crippen molar-refractivity contribution in [1.82, 2.24) is 0 Å². The van der Waals surface area contributed by atoms with Gasteiger partial charge >= 0.3 is 55.5 Å². The Morgan fingerprint density at radius 1 is 1.75 bits per heavy atom. The average molecular weight is 133 g/mol. The van der Waals surface area contributed by atoms with Crippen LogP contribution in [0.1, 0.15) is 0 Å². The fourth-order valence-corrected chi connectivity index (χ4v) is 0. The third-order valence-electron chi connectivity index (χ3n) is 0. The van der Waals surface area contributed by atoms with E-state index in [1.165, 1.54) is 0 Å². The van der Waals surface area contributed by atoms with Crippen LogP contribution in [0.2, 0.25) is 0 Å². The maximum absolute atomic E-state index is 8.78. The zero-order valence-corrected chi connectivity index (χ0v) is 3.31. The number of hydrogen-bond acceptors (Lipinski definition) is 1. The molecule has 0 saturated carbocycles. The van der Waals surface area contributed by atoms with Crippen LogP contribution in [0.4, 0.5) is 0 Å². The molecular formula is CH3NaOSe. The minimum absolute atomic E-state index is 0. The van der Waals surface area contributed by atoms with Gasteiger partial charge < -0.3 is 0 Å². The van der Waals surface area contributed by atoms with E-state index in [-0.39, 0.29) is 29.6 Å². The van der Waals surface area contributed by atoms with Gasteiger partial charge in [-0.15, -0.1) is 0 Å². The summed E-state index contributed by atoms with van der Waals surface area (Å²) in [5.41, 5.74) is 0. The summed E-state index contributed by atoms with van der Waals surface area (Å²) in [4.78, 5) is 8.78. The summed E-state index contributed by atoms with van der Waals surface area (Å²) in [6.07, 6.45) is 0. The van der Waals surface area contributed by atoms with Gasteiger partial charge in [-0.3, -0.25) is 0 Å². The molecule has 0 fully saturated rings. The Kier molecular flexibility index (Phi) is 19.9. The van der Waals surface area contributed by atoms with E-state index in [1.807, 2.05) is 0 Å². The van der Waals surface area contributed by atoms with E-state index in [0.717, 1.165) is 0 Å². The van der Waals surface area contributed by atoms with Crippen molar-refractivity contribution in [2.45, 2.75) is 0 Å². The van der Waals surface area contributed by atoms with Gasteiger partial charge in [0.05, 0.1) is 0 Å². The predicted molar refractivity (Wildman–Crippen MR) is 21.0 cm³/mol. The first kappa shape index (κ1) is 8.95. The number of rotatable bonds is 0. The van der Waals surface area contributed by atoms with Gasteiger partial charge in [0, 0.05) is 0 Å². The molecule has 20 valence electrons. The first-order valence-corrected chi connectivity index (χ1v) is 1.58. The van der Waals surface area contributed by atoms with Crippen molar-refractivity contribution in [3.8, 4) is 0 Å². The second-order valence-electron chi connectivity index (χ2n) is 0.105. The van der Waals surface area contributed by atoms with Crippen LogP contribution in [0.25, 0.3) is 0 Å². The molecule has 0 N–H and O–H groups in total. The number of hydrogen-bond donors (Lipinski definition) is 0. The fraction of sp³-hybridized carbons (Fsp3) is 0. The topological polar surface area (TPSA) is 17.1 Å². The molecular weight excluding hydrogens is 130 g/mol. The molecule has 0 heterocycles. The van der Waals surface area contributed by atoms with Gasteiger partial charge in [-0.1, -0.05) is 0 Å². The van der Waals surface area contributed by atoms with Crippen LogP contribution in [0.3, 0.4) is 0 Å². The fourth-order valence-electron chi connectivity index (χ4n) is 0. The monoisotopic (exact) mass is 134 g/mol. The minimum atomic E-state index is 0. The van der Waals surface area contributed by atoms with E-state index in [0.29, 0.717) is 5.18 Å². The van der Waals surface area contributed by atoms with Gasteiger partial charge in [0.2, 0.25) is 0 Å². The zero-order valence-electron chi connectivity index (χ0n) is 1.43. The third kappa shape index (κ3) is 10.8. The molecule has 0 bridgehead atoms. The van der Waals surface area contributed by atoms with E-state index in [4.69, 9.17) is 4.79 Å². The first-order valence-electron chi connectivity index (χ1n) is 0.494. The molecule has 0 aliphatic carbocycles. The Morgan fingerprint density at radius 2 is 1.75 bits per heavy atom. The van der Waals surface area contributed by atoms with Crippen molar-refractivity contribution < 1.29 is 4.79 Å². The third-order valence-corrected chi connectivity index (χ3v) is 0. The molecule has 0 rings (SSSR count).